The summed E-state index contributed by atoms with van der Waals surface area (Å²) in [5, 5.41) is 3.14. The number of nitrogens with one attached hydrogen (secondary N) is 1. The Labute approximate surface area is 127 Å². The fourth-order valence-electron chi connectivity index (χ4n) is 1.96. The van der Waals surface area contributed by atoms with Gasteiger partial charge in [0.15, 0.2) is 6.23 Å². The van der Waals surface area contributed by atoms with Crippen molar-refractivity contribution in [1.29, 1.82) is 0 Å². The summed E-state index contributed by atoms with van der Waals surface area (Å²) in [7, 11) is 0. The number of hydrogen-bond acceptors (Lipinski definition) is 3. The lowest BCUT2D eigenvalue weighted by Crippen LogP contribution is -2.36. The molecule has 20 heavy (non-hydrogen) atoms. The van der Waals surface area contributed by atoms with Gasteiger partial charge < -0.3 is 4.74 Å². The highest BCUT2D eigenvalue weighted by Crippen LogP contribution is 2.15. The van der Waals surface area contributed by atoms with E-state index < -0.39 is 0 Å². The first-order chi connectivity index (χ1) is 8.97. The van der Waals surface area contributed by atoms with Gasteiger partial charge in [0.1, 0.15) is 0 Å². The highest BCUT2D eigenvalue weighted by atomic mass is 35.5. The molecular weight excluding hydrogens is 274 g/mol. The molecule has 0 spiro atoms. The van der Waals surface area contributed by atoms with Gasteiger partial charge in [0.05, 0.1) is 5.56 Å². The van der Waals surface area contributed by atoms with Crippen molar-refractivity contribution in [3.8, 4) is 0 Å². The molecule has 0 bridgehead atoms. The molecule has 0 saturated carbocycles. The number of hydrogen-bond donors (Lipinski definition) is 1. The number of halogens is 1. The zero-order valence-electron chi connectivity index (χ0n) is 12.6. The van der Waals surface area contributed by atoms with Gasteiger partial charge in [-0.2, -0.15) is 0 Å². The Bertz CT molecular complexity index is 458. The van der Waals surface area contributed by atoms with E-state index in [2.05, 4.69) is 11.9 Å². The van der Waals surface area contributed by atoms with Crippen LogP contribution >= 0.6 is 12.4 Å². The van der Waals surface area contributed by atoms with Gasteiger partial charge in [0, 0.05) is 6.04 Å². The van der Waals surface area contributed by atoms with E-state index in [4.69, 9.17) is 4.74 Å². The molecule has 4 heteroatoms. The SMILES string of the molecule is C=Cc1ccc(C(=O)OC(C)NC(C)C)c(CC)c1.Cl. The second kappa shape index (κ2) is 8.77. The van der Waals surface area contributed by atoms with Gasteiger partial charge in [-0.1, -0.05) is 31.7 Å². The highest BCUT2D eigenvalue weighted by molar-refractivity contribution is 5.91. The lowest BCUT2D eigenvalue weighted by atomic mass is 10.0. The van der Waals surface area contributed by atoms with E-state index in [1.165, 1.54) is 0 Å². The molecule has 1 aromatic carbocycles. The minimum Gasteiger partial charge on any atom is -0.443 e. The quantitative estimate of drug-likeness (QED) is 0.641. The summed E-state index contributed by atoms with van der Waals surface area (Å²) >= 11 is 0. The second-order valence-corrected chi connectivity index (χ2v) is 4.84. The summed E-state index contributed by atoms with van der Waals surface area (Å²) in [5.41, 5.74) is 2.63. The number of esters is 1. The number of rotatable bonds is 6. The fourth-order valence-corrected chi connectivity index (χ4v) is 1.96. The van der Waals surface area contributed by atoms with Crippen LogP contribution < -0.4 is 5.32 Å². The van der Waals surface area contributed by atoms with Crippen molar-refractivity contribution in [1.82, 2.24) is 5.32 Å². The Morgan fingerprint density at radius 2 is 2.05 bits per heavy atom. The van der Waals surface area contributed by atoms with E-state index >= 15 is 0 Å². The van der Waals surface area contributed by atoms with Crippen LogP contribution in [0.5, 0.6) is 0 Å². The zero-order valence-corrected chi connectivity index (χ0v) is 13.4. The topological polar surface area (TPSA) is 38.3 Å². The monoisotopic (exact) mass is 297 g/mol. The third-order valence-electron chi connectivity index (χ3n) is 2.82. The number of benzene rings is 1. The van der Waals surface area contributed by atoms with Crippen LogP contribution in [0.25, 0.3) is 6.08 Å². The van der Waals surface area contributed by atoms with Crippen molar-refractivity contribution in [3.05, 3.63) is 41.5 Å². The predicted octanol–water partition coefficient (Wildman–Crippen LogP) is 3.81. The Morgan fingerprint density at radius 3 is 2.55 bits per heavy atom. The molecule has 3 nitrogen and oxygen atoms in total. The van der Waals surface area contributed by atoms with Crippen molar-refractivity contribution in [2.24, 2.45) is 0 Å². The molecule has 0 radical (unpaired) electrons. The molecule has 1 N–H and O–H groups in total. The molecule has 0 aliphatic heterocycles. The second-order valence-electron chi connectivity index (χ2n) is 4.84. The Kier molecular flexibility index (Phi) is 8.19. The molecule has 0 amide bonds. The number of ether oxygens (including phenoxy) is 1. The molecule has 0 heterocycles. The normalized spacial score (nSPS) is 11.7. The van der Waals surface area contributed by atoms with Crippen molar-refractivity contribution in [2.75, 3.05) is 0 Å². The van der Waals surface area contributed by atoms with Crippen molar-refractivity contribution < 1.29 is 9.53 Å². The summed E-state index contributed by atoms with van der Waals surface area (Å²) in [6, 6.07) is 5.94. The third-order valence-corrected chi connectivity index (χ3v) is 2.82. The van der Waals surface area contributed by atoms with Crippen LogP contribution in [0.1, 0.15) is 49.2 Å². The van der Waals surface area contributed by atoms with Gasteiger partial charge >= 0.3 is 5.97 Å². The summed E-state index contributed by atoms with van der Waals surface area (Å²) < 4.78 is 5.39. The minimum atomic E-state index is -0.295. The summed E-state index contributed by atoms with van der Waals surface area (Å²) in [4.78, 5) is 12.1. The summed E-state index contributed by atoms with van der Waals surface area (Å²) in [5.74, 6) is -0.284. The van der Waals surface area contributed by atoms with E-state index in [1.54, 1.807) is 12.1 Å². The van der Waals surface area contributed by atoms with Crippen LogP contribution in [-0.2, 0) is 11.2 Å². The van der Waals surface area contributed by atoms with Crippen molar-refractivity contribution in [2.45, 2.75) is 46.4 Å². The molecule has 0 aromatic heterocycles. The molecule has 1 atom stereocenters. The number of carbonyl (C=O) groups is 1. The fraction of sp³-hybridized carbons (Fsp3) is 0.438. The molecule has 1 unspecified atom stereocenters. The van der Waals surface area contributed by atoms with Crippen molar-refractivity contribution >= 4 is 24.5 Å². The molecule has 0 saturated heterocycles. The van der Waals surface area contributed by atoms with Gasteiger partial charge in [-0.25, -0.2) is 4.79 Å². The molecule has 0 aliphatic carbocycles. The molecular formula is C16H24ClNO2. The maximum absolute atomic E-state index is 12.1. The number of carbonyl (C=O) groups excluding carboxylic acids is 1. The van der Waals surface area contributed by atoms with Gasteiger partial charge in [-0.3, -0.25) is 5.32 Å². The smallest absolute Gasteiger partial charge is 0.339 e. The van der Waals surface area contributed by atoms with E-state index in [1.807, 2.05) is 39.8 Å². The number of aryl methyl sites for hydroxylation is 1. The van der Waals surface area contributed by atoms with E-state index in [9.17, 15) is 4.79 Å². The van der Waals surface area contributed by atoms with E-state index in [0.717, 1.165) is 17.5 Å². The van der Waals surface area contributed by atoms with Gasteiger partial charge in [-0.15, -0.1) is 12.4 Å². The molecule has 0 fully saturated rings. The van der Waals surface area contributed by atoms with Gasteiger partial charge in [0.2, 0.25) is 0 Å². The Hall–Kier alpha value is -1.32. The largest absolute Gasteiger partial charge is 0.443 e. The van der Waals surface area contributed by atoms with Gasteiger partial charge in [0.25, 0.3) is 0 Å². The van der Waals surface area contributed by atoms with Gasteiger partial charge in [-0.05, 0) is 44.4 Å². The maximum atomic E-state index is 12.1. The van der Waals surface area contributed by atoms with Crippen LogP contribution in [0.3, 0.4) is 0 Å². The lowest BCUT2D eigenvalue weighted by Gasteiger charge is -2.18. The predicted molar refractivity (Wildman–Crippen MR) is 86.3 cm³/mol. The highest BCUT2D eigenvalue weighted by Gasteiger charge is 2.15. The first-order valence-corrected chi connectivity index (χ1v) is 6.70. The van der Waals surface area contributed by atoms with Crippen LogP contribution in [0, 0.1) is 0 Å². The molecule has 112 valence electrons. The minimum absolute atomic E-state index is 0. The molecule has 0 aliphatic rings. The Balaban J connectivity index is 0.00000361. The maximum Gasteiger partial charge on any atom is 0.339 e. The standard InChI is InChI=1S/C16H23NO2.ClH/c1-6-13-8-9-15(14(7-2)10-13)16(18)19-12(5)17-11(3)4;/h6,8-12,17H,1,7H2,2-5H3;1H. The molecule has 1 aromatic rings. The van der Waals surface area contributed by atoms with E-state index in [0.29, 0.717) is 5.56 Å². The summed E-state index contributed by atoms with van der Waals surface area (Å²) in [6.07, 6.45) is 2.27. The van der Waals surface area contributed by atoms with Crippen LogP contribution in [0.4, 0.5) is 0 Å². The van der Waals surface area contributed by atoms with Crippen LogP contribution in [0.15, 0.2) is 24.8 Å². The Morgan fingerprint density at radius 1 is 1.40 bits per heavy atom. The lowest BCUT2D eigenvalue weighted by molar-refractivity contribution is 0.0245. The van der Waals surface area contributed by atoms with Crippen molar-refractivity contribution in [3.63, 3.8) is 0 Å². The first-order valence-electron chi connectivity index (χ1n) is 6.70. The van der Waals surface area contributed by atoms with E-state index in [-0.39, 0.29) is 30.6 Å². The van der Waals surface area contributed by atoms with Crippen LogP contribution in [0.2, 0.25) is 0 Å². The average molecular weight is 298 g/mol. The first kappa shape index (κ1) is 18.7. The zero-order chi connectivity index (χ0) is 14.4. The molecule has 1 rings (SSSR count). The van der Waals surface area contributed by atoms with Crippen LogP contribution in [-0.4, -0.2) is 18.2 Å². The summed E-state index contributed by atoms with van der Waals surface area (Å²) in [6.45, 7) is 11.6. The average Bonchev–Trinajstić information content (AvgIpc) is 2.36. The third kappa shape index (κ3) is 5.35.